The molecule has 1 fully saturated rings. The van der Waals surface area contributed by atoms with E-state index in [2.05, 4.69) is 10.1 Å². The molecule has 29 heavy (non-hydrogen) atoms. The lowest BCUT2D eigenvalue weighted by Crippen LogP contribution is -2.39. The topological polar surface area (TPSA) is 111 Å². The number of rotatable bonds is 4. The highest BCUT2D eigenvalue weighted by Crippen LogP contribution is 2.32. The summed E-state index contributed by atoms with van der Waals surface area (Å²) in [5.41, 5.74) is 7.84. The summed E-state index contributed by atoms with van der Waals surface area (Å²) in [6, 6.07) is 7.12. The molecule has 3 heterocycles. The van der Waals surface area contributed by atoms with Crippen molar-refractivity contribution in [2.24, 2.45) is 12.8 Å². The standard InChI is InChI=1S/C20H23N5O3S/c1-13-9-14-5-3-7-17(19(14)22-10-13)29(27,28)25-8-4-6-15(11-25)18-16(20(21)26)12-24(2)23-18/h3,5,7,9-10,12,15H,4,6,8,11H2,1-2H3,(H2,21,26)/t15-/m0/s1. The zero-order valence-corrected chi connectivity index (χ0v) is 17.2. The fraction of sp³-hybridized carbons (Fsp3) is 0.350. The van der Waals surface area contributed by atoms with Crippen LogP contribution in [0.3, 0.4) is 0 Å². The van der Waals surface area contributed by atoms with Crippen LogP contribution >= 0.6 is 0 Å². The molecule has 0 saturated carbocycles. The van der Waals surface area contributed by atoms with Crippen molar-refractivity contribution in [1.29, 1.82) is 0 Å². The summed E-state index contributed by atoms with van der Waals surface area (Å²) in [5.74, 6) is -0.742. The van der Waals surface area contributed by atoms with E-state index in [9.17, 15) is 13.2 Å². The Morgan fingerprint density at radius 2 is 2.10 bits per heavy atom. The van der Waals surface area contributed by atoms with E-state index in [-0.39, 0.29) is 17.4 Å². The number of primary amides is 1. The molecule has 0 unspecified atom stereocenters. The van der Waals surface area contributed by atoms with E-state index < -0.39 is 15.9 Å². The third-order valence-corrected chi connectivity index (χ3v) is 7.22. The highest BCUT2D eigenvalue weighted by Gasteiger charge is 2.34. The minimum atomic E-state index is -3.75. The van der Waals surface area contributed by atoms with E-state index in [1.165, 1.54) is 4.31 Å². The van der Waals surface area contributed by atoms with E-state index in [1.807, 2.05) is 19.1 Å². The first-order valence-electron chi connectivity index (χ1n) is 9.46. The van der Waals surface area contributed by atoms with E-state index in [4.69, 9.17) is 5.73 Å². The monoisotopic (exact) mass is 413 g/mol. The van der Waals surface area contributed by atoms with Gasteiger partial charge in [-0.2, -0.15) is 9.40 Å². The van der Waals surface area contributed by atoms with Crippen molar-refractivity contribution in [3.05, 3.63) is 53.5 Å². The summed E-state index contributed by atoms with van der Waals surface area (Å²) < 4.78 is 29.9. The molecule has 1 aliphatic heterocycles. The molecule has 2 N–H and O–H groups in total. The van der Waals surface area contributed by atoms with Gasteiger partial charge in [0.15, 0.2) is 0 Å². The second-order valence-corrected chi connectivity index (χ2v) is 9.42. The molecule has 152 valence electrons. The zero-order valence-electron chi connectivity index (χ0n) is 16.4. The molecule has 4 rings (SSSR count). The predicted octanol–water partition coefficient (Wildman–Crippen LogP) is 1.94. The number of pyridine rings is 1. The predicted molar refractivity (Wildman–Crippen MR) is 109 cm³/mol. The molecule has 0 bridgehead atoms. The number of nitrogens with zero attached hydrogens (tertiary/aromatic N) is 4. The summed E-state index contributed by atoms with van der Waals surface area (Å²) in [4.78, 5) is 16.4. The smallest absolute Gasteiger partial charge is 0.252 e. The molecule has 1 aliphatic rings. The molecule has 0 spiro atoms. The minimum Gasteiger partial charge on any atom is -0.365 e. The Morgan fingerprint density at radius 1 is 1.31 bits per heavy atom. The maximum Gasteiger partial charge on any atom is 0.252 e. The van der Waals surface area contributed by atoms with Crippen LogP contribution in [-0.4, -0.2) is 46.5 Å². The Balaban J connectivity index is 1.71. The van der Waals surface area contributed by atoms with Crippen LogP contribution in [-0.2, 0) is 17.1 Å². The van der Waals surface area contributed by atoms with Crippen molar-refractivity contribution in [1.82, 2.24) is 19.1 Å². The third-order valence-electron chi connectivity index (χ3n) is 5.32. The van der Waals surface area contributed by atoms with Crippen LogP contribution in [0.5, 0.6) is 0 Å². The molecular weight excluding hydrogens is 390 g/mol. The lowest BCUT2D eigenvalue weighted by Gasteiger charge is -2.31. The van der Waals surface area contributed by atoms with E-state index in [0.717, 1.165) is 17.4 Å². The average Bonchev–Trinajstić information content (AvgIpc) is 3.09. The molecule has 1 atom stereocenters. The van der Waals surface area contributed by atoms with E-state index in [0.29, 0.717) is 29.7 Å². The van der Waals surface area contributed by atoms with Crippen LogP contribution in [0.4, 0.5) is 0 Å². The summed E-state index contributed by atoms with van der Waals surface area (Å²) in [5, 5.41) is 5.18. The van der Waals surface area contributed by atoms with Crippen LogP contribution in [0.1, 0.15) is 40.4 Å². The second-order valence-electron chi connectivity index (χ2n) is 7.51. The number of amides is 1. The van der Waals surface area contributed by atoms with Gasteiger partial charge in [0.05, 0.1) is 16.8 Å². The van der Waals surface area contributed by atoms with Gasteiger partial charge < -0.3 is 5.73 Å². The van der Waals surface area contributed by atoms with Crippen molar-refractivity contribution in [3.63, 3.8) is 0 Å². The number of benzene rings is 1. The first-order chi connectivity index (χ1) is 13.8. The van der Waals surface area contributed by atoms with Gasteiger partial charge in [-0.1, -0.05) is 12.1 Å². The SMILES string of the molecule is Cc1cnc2c(S(=O)(=O)N3CCC[C@H](c4nn(C)cc4C(N)=O)C3)cccc2c1. The van der Waals surface area contributed by atoms with Gasteiger partial charge in [-0.05, 0) is 37.5 Å². The molecule has 2 aromatic heterocycles. The highest BCUT2D eigenvalue weighted by molar-refractivity contribution is 7.89. The number of carbonyl (C=O) groups is 1. The number of hydrogen-bond donors (Lipinski definition) is 1. The molecule has 9 heteroatoms. The Kier molecular flexibility index (Phi) is 4.87. The summed E-state index contributed by atoms with van der Waals surface area (Å²) >= 11 is 0. The number of aryl methyl sites for hydroxylation is 2. The second kappa shape index (κ2) is 7.23. The Bertz CT molecular complexity index is 1200. The number of carbonyl (C=O) groups excluding carboxylic acids is 1. The van der Waals surface area contributed by atoms with Crippen molar-refractivity contribution in [2.45, 2.75) is 30.6 Å². The molecule has 0 aliphatic carbocycles. The molecule has 3 aromatic rings. The molecule has 1 saturated heterocycles. The summed E-state index contributed by atoms with van der Waals surface area (Å²) in [6.07, 6.45) is 4.68. The van der Waals surface area contributed by atoms with Crippen LogP contribution < -0.4 is 5.73 Å². The van der Waals surface area contributed by atoms with Gasteiger partial charge in [0.25, 0.3) is 5.91 Å². The number of aromatic nitrogens is 3. The molecule has 0 radical (unpaired) electrons. The third kappa shape index (κ3) is 3.51. The first kappa shape index (κ1) is 19.5. The zero-order chi connectivity index (χ0) is 20.8. The fourth-order valence-corrected chi connectivity index (χ4v) is 5.66. The summed E-state index contributed by atoms with van der Waals surface area (Å²) in [7, 11) is -2.03. The lowest BCUT2D eigenvalue weighted by atomic mass is 9.93. The maximum atomic E-state index is 13.5. The van der Waals surface area contributed by atoms with Crippen molar-refractivity contribution < 1.29 is 13.2 Å². The normalized spacial score (nSPS) is 18.2. The molecule has 8 nitrogen and oxygen atoms in total. The molecular formula is C20H23N5O3S. The highest BCUT2D eigenvalue weighted by atomic mass is 32.2. The van der Waals surface area contributed by atoms with Crippen molar-refractivity contribution >= 4 is 26.8 Å². The maximum absolute atomic E-state index is 13.5. The van der Waals surface area contributed by atoms with Gasteiger partial charge >= 0.3 is 0 Å². The van der Waals surface area contributed by atoms with Gasteiger partial charge in [-0.3, -0.25) is 14.5 Å². The van der Waals surface area contributed by atoms with Crippen molar-refractivity contribution in [3.8, 4) is 0 Å². The number of piperidine rings is 1. The van der Waals surface area contributed by atoms with E-state index >= 15 is 0 Å². The van der Waals surface area contributed by atoms with Gasteiger partial charge in [0, 0.05) is 43.8 Å². The van der Waals surface area contributed by atoms with Crippen molar-refractivity contribution in [2.75, 3.05) is 13.1 Å². The quantitative estimate of drug-likeness (QED) is 0.703. The van der Waals surface area contributed by atoms with Gasteiger partial charge in [-0.15, -0.1) is 0 Å². The van der Waals surface area contributed by atoms with E-state index in [1.54, 1.807) is 36.3 Å². The Labute approximate surface area is 169 Å². The number of para-hydroxylation sites is 1. The lowest BCUT2D eigenvalue weighted by molar-refractivity contribution is 0.0998. The van der Waals surface area contributed by atoms with Crippen LogP contribution in [0.25, 0.3) is 10.9 Å². The van der Waals surface area contributed by atoms with Gasteiger partial charge in [-0.25, -0.2) is 8.42 Å². The summed E-state index contributed by atoms with van der Waals surface area (Å²) in [6.45, 7) is 2.59. The Hall–Kier alpha value is -2.78. The Morgan fingerprint density at radius 3 is 2.86 bits per heavy atom. The molecule has 1 amide bonds. The van der Waals surface area contributed by atoms with Gasteiger partial charge in [0.2, 0.25) is 10.0 Å². The minimum absolute atomic E-state index is 0.188. The largest absolute Gasteiger partial charge is 0.365 e. The first-order valence-corrected chi connectivity index (χ1v) is 10.9. The number of fused-ring (bicyclic) bond motifs is 1. The van der Waals surface area contributed by atoms with Crippen LogP contribution in [0.15, 0.2) is 41.6 Å². The van der Waals surface area contributed by atoms with Crippen LogP contribution in [0.2, 0.25) is 0 Å². The van der Waals surface area contributed by atoms with Gasteiger partial charge in [0.1, 0.15) is 4.90 Å². The molecule has 1 aromatic carbocycles. The van der Waals surface area contributed by atoms with Crippen LogP contribution in [0, 0.1) is 6.92 Å². The number of sulfonamides is 1. The number of nitrogens with two attached hydrogens (primary N) is 1. The fourth-order valence-electron chi connectivity index (χ4n) is 3.97. The average molecular weight is 414 g/mol. The number of hydrogen-bond acceptors (Lipinski definition) is 5.